The number of nitrogens with zero attached hydrogens (tertiary/aromatic N) is 2. The highest BCUT2D eigenvalue weighted by atomic mass is 16.6. The lowest BCUT2D eigenvalue weighted by atomic mass is 9.77. The molecule has 0 saturated carbocycles. The number of carbonyl (C=O) groups excluding carboxylic acids is 3. The summed E-state index contributed by atoms with van der Waals surface area (Å²) in [6.07, 6.45) is 2.97. The zero-order chi connectivity index (χ0) is 27.6. The highest BCUT2D eigenvalue weighted by Gasteiger charge is 2.54. The van der Waals surface area contributed by atoms with Crippen LogP contribution in [0.2, 0.25) is 0 Å². The molecule has 3 fully saturated rings. The van der Waals surface area contributed by atoms with Gasteiger partial charge in [-0.1, -0.05) is 39.8 Å². The van der Waals surface area contributed by atoms with Crippen molar-refractivity contribution in [1.29, 1.82) is 0 Å². The average Bonchev–Trinajstić information content (AvgIpc) is 3.43. The Morgan fingerprint density at radius 1 is 1.18 bits per heavy atom. The van der Waals surface area contributed by atoms with E-state index in [2.05, 4.69) is 38.7 Å². The Labute approximate surface area is 227 Å². The monoisotopic (exact) mass is 527 g/mol. The van der Waals surface area contributed by atoms with E-state index in [-0.39, 0.29) is 29.8 Å². The first-order valence-corrected chi connectivity index (χ1v) is 14.3. The normalized spacial score (nSPS) is 25.6. The van der Waals surface area contributed by atoms with Crippen LogP contribution in [-0.4, -0.2) is 85.0 Å². The van der Waals surface area contributed by atoms with Crippen molar-refractivity contribution in [2.45, 2.75) is 90.4 Å². The Morgan fingerprint density at radius 3 is 2.50 bits per heavy atom. The van der Waals surface area contributed by atoms with Crippen molar-refractivity contribution < 1.29 is 23.9 Å². The molecule has 0 aliphatic carbocycles. The van der Waals surface area contributed by atoms with Gasteiger partial charge in [-0.25, -0.2) is 0 Å². The first-order chi connectivity index (χ1) is 18.0. The van der Waals surface area contributed by atoms with Gasteiger partial charge in [0.2, 0.25) is 11.8 Å². The molecular weight excluding hydrogens is 482 g/mol. The van der Waals surface area contributed by atoms with Crippen molar-refractivity contribution in [3.63, 3.8) is 0 Å². The summed E-state index contributed by atoms with van der Waals surface area (Å²) in [4.78, 5) is 43.9. The molecule has 3 saturated heterocycles. The Kier molecular flexibility index (Phi) is 8.95. The van der Waals surface area contributed by atoms with Gasteiger partial charge in [0, 0.05) is 12.2 Å². The minimum atomic E-state index is -0.648. The molecule has 1 aromatic carbocycles. The van der Waals surface area contributed by atoms with Gasteiger partial charge in [0.15, 0.2) is 5.78 Å². The molecule has 2 amide bonds. The Morgan fingerprint density at radius 2 is 1.89 bits per heavy atom. The maximum atomic E-state index is 14.3. The zero-order valence-corrected chi connectivity index (χ0v) is 23.7. The van der Waals surface area contributed by atoms with E-state index in [0.717, 1.165) is 44.5 Å². The second-order valence-electron chi connectivity index (χ2n) is 12.3. The fourth-order valence-corrected chi connectivity index (χ4v) is 6.50. The summed E-state index contributed by atoms with van der Waals surface area (Å²) >= 11 is 0. The van der Waals surface area contributed by atoms with Crippen molar-refractivity contribution >= 4 is 17.6 Å². The minimum Gasteiger partial charge on any atom is -0.374 e. The fraction of sp³-hybridized carbons (Fsp3) is 0.700. The molecule has 38 heavy (non-hydrogen) atoms. The van der Waals surface area contributed by atoms with Gasteiger partial charge in [-0.2, -0.15) is 0 Å². The summed E-state index contributed by atoms with van der Waals surface area (Å²) in [6, 6.07) is 5.21. The lowest BCUT2D eigenvalue weighted by Crippen LogP contribution is -2.45. The first kappa shape index (κ1) is 28.7. The van der Waals surface area contributed by atoms with Gasteiger partial charge < -0.3 is 25.0 Å². The number of fused-ring (bicyclic) bond motifs is 1. The molecular formula is C30H45N3O5. The van der Waals surface area contributed by atoms with Crippen molar-refractivity contribution in [3.8, 4) is 0 Å². The summed E-state index contributed by atoms with van der Waals surface area (Å²) in [6.45, 7) is 14.3. The highest BCUT2D eigenvalue weighted by molar-refractivity contribution is 5.99. The fourth-order valence-electron chi connectivity index (χ4n) is 6.50. The predicted octanol–water partition coefficient (Wildman–Crippen LogP) is 3.48. The number of nitrogens with two attached hydrogens (primary N) is 1. The number of benzene rings is 1. The van der Waals surface area contributed by atoms with Crippen LogP contribution in [0, 0.1) is 5.41 Å². The summed E-state index contributed by atoms with van der Waals surface area (Å²) in [5, 5.41) is 0. The second kappa shape index (κ2) is 11.8. The van der Waals surface area contributed by atoms with Crippen molar-refractivity contribution in [1.82, 2.24) is 9.80 Å². The number of ether oxygens (including phenoxy) is 2. The molecule has 0 bridgehead atoms. The molecule has 1 aromatic rings. The first-order valence-electron chi connectivity index (χ1n) is 14.3. The molecule has 0 radical (unpaired) electrons. The van der Waals surface area contributed by atoms with Crippen LogP contribution in [0.25, 0.3) is 0 Å². The number of hydrogen-bond donors (Lipinski definition) is 1. The Hall–Kier alpha value is -2.29. The molecule has 2 N–H and O–H groups in total. The van der Waals surface area contributed by atoms with Crippen LogP contribution >= 0.6 is 0 Å². The zero-order valence-electron chi connectivity index (χ0n) is 23.7. The van der Waals surface area contributed by atoms with Gasteiger partial charge >= 0.3 is 0 Å². The summed E-state index contributed by atoms with van der Waals surface area (Å²) in [5.41, 5.74) is 7.86. The number of primary amides is 1. The van der Waals surface area contributed by atoms with E-state index in [0.29, 0.717) is 36.6 Å². The lowest BCUT2D eigenvalue weighted by molar-refractivity contribution is -0.138. The van der Waals surface area contributed by atoms with Crippen LogP contribution < -0.4 is 5.73 Å². The van der Waals surface area contributed by atoms with Crippen LogP contribution in [-0.2, 0) is 19.1 Å². The SMILES string of the molecule is CCCN1CCC(c2ccc(C(N)=O)c([C@H](CC(C)(C)C)C(=O)N3C[C@H](OCC)[C@H]4OCC(=O)[C@H]43)c2)CC1. The standard InChI is InChI=1S/C30H45N3O5/c1-6-12-32-13-10-19(11-14-32)20-8-9-21(28(31)35)22(15-20)23(16-30(3,4)5)29(36)33-17-25(37-7-2)27-26(33)24(34)18-38-27/h8-9,15,19,23,25-27H,6-7,10-14,16-18H2,1-5H3,(H2,31,35)/t23-,25-,26+,27+/m0/s1. The van der Waals surface area contributed by atoms with E-state index in [9.17, 15) is 14.4 Å². The van der Waals surface area contributed by atoms with Crippen LogP contribution in [0.5, 0.6) is 0 Å². The maximum absolute atomic E-state index is 14.3. The topological polar surface area (TPSA) is 102 Å². The molecule has 0 spiro atoms. The maximum Gasteiger partial charge on any atom is 0.249 e. The second-order valence-corrected chi connectivity index (χ2v) is 12.3. The van der Waals surface area contributed by atoms with E-state index < -0.39 is 24.0 Å². The number of hydrogen-bond acceptors (Lipinski definition) is 6. The van der Waals surface area contributed by atoms with Gasteiger partial charge in [-0.15, -0.1) is 0 Å². The summed E-state index contributed by atoms with van der Waals surface area (Å²) < 4.78 is 11.6. The molecule has 0 unspecified atom stereocenters. The number of carbonyl (C=O) groups is 3. The molecule has 210 valence electrons. The van der Waals surface area contributed by atoms with Gasteiger partial charge in [0.05, 0.1) is 12.5 Å². The lowest BCUT2D eigenvalue weighted by Gasteiger charge is -2.34. The minimum absolute atomic E-state index is 0.00856. The van der Waals surface area contributed by atoms with E-state index >= 15 is 0 Å². The van der Waals surface area contributed by atoms with Crippen LogP contribution in [0.4, 0.5) is 0 Å². The smallest absolute Gasteiger partial charge is 0.249 e. The Bertz CT molecular complexity index is 1030. The summed E-state index contributed by atoms with van der Waals surface area (Å²) in [5.74, 6) is -1.02. The van der Waals surface area contributed by atoms with Gasteiger partial charge in [0.25, 0.3) is 0 Å². The number of ketones is 1. The van der Waals surface area contributed by atoms with E-state index in [1.54, 1.807) is 11.0 Å². The van der Waals surface area contributed by atoms with Crippen LogP contribution in [0.15, 0.2) is 18.2 Å². The van der Waals surface area contributed by atoms with E-state index in [1.165, 1.54) is 0 Å². The molecule has 0 aromatic heterocycles. The number of likely N-dealkylation sites (tertiary alicyclic amines) is 2. The molecule has 3 aliphatic rings. The van der Waals surface area contributed by atoms with Gasteiger partial charge in [-0.3, -0.25) is 14.4 Å². The van der Waals surface area contributed by atoms with Gasteiger partial charge in [-0.05, 0) is 80.8 Å². The van der Waals surface area contributed by atoms with Crippen LogP contribution in [0.3, 0.4) is 0 Å². The molecule has 3 heterocycles. The predicted molar refractivity (Wildman–Crippen MR) is 146 cm³/mol. The highest BCUT2D eigenvalue weighted by Crippen LogP contribution is 2.40. The van der Waals surface area contributed by atoms with E-state index in [4.69, 9.17) is 15.2 Å². The number of rotatable bonds is 9. The number of amides is 2. The average molecular weight is 528 g/mol. The Balaban J connectivity index is 1.69. The third-order valence-electron chi connectivity index (χ3n) is 8.23. The van der Waals surface area contributed by atoms with Gasteiger partial charge in [0.1, 0.15) is 24.9 Å². The van der Waals surface area contributed by atoms with Crippen molar-refractivity contribution in [2.75, 3.05) is 39.4 Å². The molecule has 4 rings (SSSR count). The molecule has 8 heteroatoms. The molecule has 4 atom stereocenters. The third-order valence-corrected chi connectivity index (χ3v) is 8.23. The van der Waals surface area contributed by atoms with Crippen LogP contribution in [0.1, 0.15) is 93.6 Å². The largest absolute Gasteiger partial charge is 0.374 e. The summed E-state index contributed by atoms with van der Waals surface area (Å²) in [7, 11) is 0. The van der Waals surface area contributed by atoms with E-state index in [1.807, 2.05) is 13.0 Å². The molecule has 3 aliphatic heterocycles. The number of Topliss-reactive ketones (excluding diaryl/α,β-unsaturated/α-hetero) is 1. The third kappa shape index (κ3) is 6.13. The quantitative estimate of drug-likeness (QED) is 0.528. The number of piperidine rings is 1. The van der Waals surface area contributed by atoms with Crippen molar-refractivity contribution in [3.05, 3.63) is 34.9 Å². The molecule has 8 nitrogen and oxygen atoms in total. The van der Waals surface area contributed by atoms with Crippen molar-refractivity contribution in [2.24, 2.45) is 11.1 Å².